The smallest absolute Gasteiger partial charge is 0.213 e. The van der Waals surface area contributed by atoms with Gasteiger partial charge >= 0.3 is 0 Å². The molecule has 0 spiro atoms. The minimum atomic E-state index is 0.500. The number of ether oxygens (including phenoxy) is 2. The van der Waals surface area contributed by atoms with E-state index in [0.29, 0.717) is 34.2 Å². The first-order valence-corrected chi connectivity index (χ1v) is 9.10. The Labute approximate surface area is 166 Å². The summed E-state index contributed by atoms with van der Waals surface area (Å²) in [5, 5.41) is 0.895. The molecule has 29 heavy (non-hydrogen) atoms. The maximum Gasteiger partial charge on any atom is 0.213 e. The molecule has 0 fully saturated rings. The van der Waals surface area contributed by atoms with Crippen molar-refractivity contribution in [1.82, 2.24) is 19.9 Å². The number of methoxy groups -OCH3 is 1. The lowest BCUT2D eigenvalue weighted by Gasteiger charge is -2.13. The van der Waals surface area contributed by atoms with Crippen molar-refractivity contribution in [2.24, 2.45) is 0 Å². The average Bonchev–Trinajstić information content (AvgIpc) is 2.79. The van der Waals surface area contributed by atoms with Gasteiger partial charge in [0.2, 0.25) is 5.88 Å². The number of fused-ring (bicyclic) bond motifs is 2. The second kappa shape index (κ2) is 7.16. The zero-order chi connectivity index (χ0) is 19.6. The first-order valence-electron chi connectivity index (χ1n) is 9.10. The van der Waals surface area contributed by atoms with Crippen LogP contribution in [0.5, 0.6) is 17.4 Å². The summed E-state index contributed by atoms with van der Waals surface area (Å²) in [5.74, 6) is 1.70. The fourth-order valence-electron chi connectivity index (χ4n) is 3.16. The third kappa shape index (κ3) is 3.21. The molecule has 4 aromatic heterocycles. The van der Waals surface area contributed by atoms with E-state index in [1.165, 1.54) is 0 Å². The van der Waals surface area contributed by atoms with Crippen molar-refractivity contribution in [3.8, 4) is 28.6 Å². The number of rotatable bonds is 4. The lowest BCUT2D eigenvalue weighted by Crippen LogP contribution is -1.96. The van der Waals surface area contributed by atoms with Crippen molar-refractivity contribution in [2.75, 3.05) is 7.11 Å². The van der Waals surface area contributed by atoms with Crippen LogP contribution in [0.3, 0.4) is 0 Å². The summed E-state index contributed by atoms with van der Waals surface area (Å²) in [6, 6.07) is 21.1. The maximum absolute atomic E-state index is 6.34. The van der Waals surface area contributed by atoms with Crippen LogP contribution in [0.25, 0.3) is 33.3 Å². The molecule has 0 bridgehead atoms. The highest BCUT2D eigenvalue weighted by Gasteiger charge is 2.14. The number of nitrogens with zero attached hydrogens (tertiary/aromatic N) is 4. The van der Waals surface area contributed by atoms with Crippen LogP contribution in [0.2, 0.25) is 0 Å². The summed E-state index contributed by atoms with van der Waals surface area (Å²) in [5.41, 5.74) is 3.67. The highest BCUT2D eigenvalue weighted by atomic mass is 16.5. The topological polar surface area (TPSA) is 70.0 Å². The number of pyridine rings is 4. The van der Waals surface area contributed by atoms with Crippen LogP contribution in [0.1, 0.15) is 0 Å². The van der Waals surface area contributed by atoms with Gasteiger partial charge < -0.3 is 9.47 Å². The number of hydrogen-bond donors (Lipinski definition) is 0. The van der Waals surface area contributed by atoms with E-state index in [4.69, 9.17) is 14.5 Å². The van der Waals surface area contributed by atoms with Gasteiger partial charge in [0.25, 0.3) is 0 Å². The first kappa shape index (κ1) is 17.1. The Morgan fingerprint density at radius 2 is 1.66 bits per heavy atom. The molecule has 0 unspecified atom stereocenters. The largest absolute Gasteiger partial charge is 0.481 e. The van der Waals surface area contributed by atoms with Gasteiger partial charge in [-0.1, -0.05) is 30.3 Å². The van der Waals surface area contributed by atoms with E-state index in [1.54, 1.807) is 31.6 Å². The lowest BCUT2D eigenvalue weighted by atomic mass is 10.1. The quantitative estimate of drug-likeness (QED) is 0.435. The van der Waals surface area contributed by atoms with E-state index in [-0.39, 0.29) is 0 Å². The van der Waals surface area contributed by atoms with Crippen molar-refractivity contribution in [2.45, 2.75) is 0 Å². The molecule has 1 aromatic carbocycles. The van der Waals surface area contributed by atoms with Gasteiger partial charge in [0.15, 0.2) is 17.1 Å². The molecule has 0 saturated carbocycles. The van der Waals surface area contributed by atoms with Gasteiger partial charge in [-0.25, -0.2) is 15.0 Å². The minimum Gasteiger partial charge on any atom is -0.481 e. The highest BCUT2D eigenvalue weighted by Crippen LogP contribution is 2.36. The molecule has 0 radical (unpaired) electrons. The van der Waals surface area contributed by atoms with Crippen LogP contribution in [-0.2, 0) is 0 Å². The van der Waals surface area contributed by atoms with Gasteiger partial charge in [-0.2, -0.15) is 0 Å². The zero-order valence-electron chi connectivity index (χ0n) is 15.6. The molecule has 0 saturated heterocycles. The molecule has 5 rings (SSSR count). The minimum absolute atomic E-state index is 0.500. The number of hydrogen-bond acceptors (Lipinski definition) is 6. The molecule has 0 amide bonds. The predicted octanol–water partition coefficient (Wildman–Crippen LogP) is 5.04. The van der Waals surface area contributed by atoms with Gasteiger partial charge in [0.1, 0.15) is 11.2 Å². The van der Waals surface area contributed by atoms with Crippen LogP contribution >= 0.6 is 0 Å². The van der Waals surface area contributed by atoms with Crippen molar-refractivity contribution < 1.29 is 9.47 Å². The van der Waals surface area contributed by atoms with Crippen molar-refractivity contribution in [3.05, 3.63) is 79.1 Å². The van der Waals surface area contributed by atoms with Crippen LogP contribution in [0.15, 0.2) is 79.1 Å². The summed E-state index contributed by atoms with van der Waals surface area (Å²) in [6.07, 6.45) is 3.43. The van der Waals surface area contributed by atoms with E-state index in [0.717, 1.165) is 16.5 Å². The molecule has 4 heterocycles. The lowest BCUT2D eigenvalue weighted by molar-refractivity contribution is 0.399. The molecule has 0 aliphatic carbocycles. The molecule has 0 aliphatic rings. The SMILES string of the molecule is COc1ccc2nccc(Oc3cc4cccnc4nc3-c3ccccc3)c2n1. The molecular formula is C23H16N4O2. The Bertz CT molecular complexity index is 1320. The van der Waals surface area contributed by atoms with E-state index >= 15 is 0 Å². The monoisotopic (exact) mass is 380 g/mol. The summed E-state index contributed by atoms with van der Waals surface area (Å²) in [6.45, 7) is 0. The molecular weight excluding hydrogens is 364 g/mol. The van der Waals surface area contributed by atoms with Crippen molar-refractivity contribution >= 4 is 22.1 Å². The molecule has 0 N–H and O–H groups in total. The Morgan fingerprint density at radius 1 is 0.759 bits per heavy atom. The summed E-state index contributed by atoms with van der Waals surface area (Å²) in [7, 11) is 1.58. The van der Waals surface area contributed by atoms with Crippen LogP contribution < -0.4 is 9.47 Å². The Hall–Kier alpha value is -4.06. The van der Waals surface area contributed by atoms with E-state index < -0.39 is 0 Å². The van der Waals surface area contributed by atoms with Crippen molar-refractivity contribution in [3.63, 3.8) is 0 Å². The van der Waals surface area contributed by atoms with Gasteiger partial charge in [0.05, 0.1) is 12.6 Å². The maximum atomic E-state index is 6.34. The van der Waals surface area contributed by atoms with Crippen LogP contribution in [0, 0.1) is 0 Å². The molecule has 140 valence electrons. The second-order valence-corrected chi connectivity index (χ2v) is 6.38. The molecule has 0 atom stereocenters. The number of benzene rings is 1. The number of aromatic nitrogens is 4. The fourth-order valence-corrected chi connectivity index (χ4v) is 3.16. The van der Waals surface area contributed by atoms with Gasteiger partial charge in [-0.3, -0.25) is 4.98 Å². The fraction of sp³-hybridized carbons (Fsp3) is 0.0435. The Kier molecular flexibility index (Phi) is 4.22. The Morgan fingerprint density at radius 3 is 2.52 bits per heavy atom. The molecule has 0 aliphatic heterocycles. The summed E-state index contributed by atoms with van der Waals surface area (Å²) < 4.78 is 11.6. The van der Waals surface area contributed by atoms with E-state index in [9.17, 15) is 0 Å². The molecule has 6 heteroatoms. The first-order chi connectivity index (χ1) is 14.3. The van der Waals surface area contributed by atoms with Gasteiger partial charge in [0, 0.05) is 35.5 Å². The van der Waals surface area contributed by atoms with Crippen molar-refractivity contribution in [1.29, 1.82) is 0 Å². The van der Waals surface area contributed by atoms with Gasteiger partial charge in [-0.05, 0) is 24.3 Å². The summed E-state index contributed by atoms with van der Waals surface area (Å²) >= 11 is 0. The van der Waals surface area contributed by atoms with E-state index in [2.05, 4.69) is 15.0 Å². The third-order valence-corrected chi connectivity index (χ3v) is 4.55. The third-order valence-electron chi connectivity index (χ3n) is 4.55. The highest BCUT2D eigenvalue weighted by molar-refractivity contribution is 5.84. The Balaban J connectivity index is 1.70. The van der Waals surface area contributed by atoms with Gasteiger partial charge in [-0.15, -0.1) is 0 Å². The average molecular weight is 380 g/mol. The van der Waals surface area contributed by atoms with Crippen LogP contribution in [-0.4, -0.2) is 27.0 Å². The zero-order valence-corrected chi connectivity index (χ0v) is 15.6. The standard InChI is InChI=1S/C23H16N4O2/c1-28-20-10-9-17-22(26-20)18(11-13-24-17)29-19-14-16-8-5-12-25-23(16)27-21(19)15-6-3-2-4-7-15/h2-14H,1H3. The molecule has 6 nitrogen and oxygen atoms in total. The molecule has 5 aromatic rings. The normalized spacial score (nSPS) is 10.9. The predicted molar refractivity (Wildman–Crippen MR) is 111 cm³/mol. The van der Waals surface area contributed by atoms with Crippen LogP contribution in [0.4, 0.5) is 0 Å². The summed E-state index contributed by atoms with van der Waals surface area (Å²) in [4.78, 5) is 18.0. The second-order valence-electron chi connectivity index (χ2n) is 6.38. The van der Waals surface area contributed by atoms with E-state index in [1.807, 2.05) is 54.6 Å².